The summed E-state index contributed by atoms with van der Waals surface area (Å²) in [6.07, 6.45) is 4.01. The van der Waals surface area contributed by atoms with Crippen LogP contribution < -0.4 is 4.74 Å². The normalized spacial score (nSPS) is 15.0. The van der Waals surface area contributed by atoms with Crippen LogP contribution in [0.1, 0.15) is 19.3 Å². The van der Waals surface area contributed by atoms with Crippen LogP contribution in [0.2, 0.25) is 0 Å². The van der Waals surface area contributed by atoms with Gasteiger partial charge >= 0.3 is 160 Å². The number of hydrogen-bond donors (Lipinski definition) is 1. The molecule has 0 spiro atoms. The van der Waals surface area contributed by atoms with Gasteiger partial charge in [-0.1, -0.05) is 6.42 Å². The van der Waals surface area contributed by atoms with Crippen molar-refractivity contribution in [2.24, 2.45) is 0 Å². The Bertz CT molecular complexity index is 849. The van der Waals surface area contributed by atoms with Gasteiger partial charge in [0.2, 0.25) is 0 Å². The average molecular weight is 426 g/mol. The molecule has 2 heterocycles. The van der Waals surface area contributed by atoms with E-state index < -0.39 is 0 Å². The monoisotopic (exact) mass is 427 g/mol. The van der Waals surface area contributed by atoms with Crippen molar-refractivity contribution in [1.82, 2.24) is 4.90 Å². The first-order chi connectivity index (χ1) is 13.3. The molecule has 0 unspecified atom stereocenters. The third-order valence-corrected chi connectivity index (χ3v) is 6.69. The molecule has 140 valence electrons. The standard InChI is InChI=1S/C23H25NO2Se/c25-20-8-4-18(5-9-20)22-16-27-17-23(22)19-6-10-21(11-7-19)26-15-14-24-12-2-1-3-13-24/h4-11,16-17,25H,1-3,12-15H2. The van der Waals surface area contributed by atoms with Crippen LogP contribution in [-0.4, -0.2) is 50.8 Å². The number of rotatable bonds is 6. The fraction of sp³-hybridized carbons (Fsp3) is 0.304. The third kappa shape index (κ3) is 4.65. The quantitative estimate of drug-likeness (QED) is 0.583. The van der Waals surface area contributed by atoms with E-state index in [1.165, 1.54) is 49.0 Å². The second-order valence-corrected chi connectivity index (χ2v) is 8.58. The second-order valence-electron chi connectivity index (χ2n) is 7.02. The van der Waals surface area contributed by atoms with Crippen molar-refractivity contribution >= 4 is 14.5 Å². The second kappa shape index (κ2) is 8.79. The van der Waals surface area contributed by atoms with Gasteiger partial charge < -0.3 is 0 Å². The van der Waals surface area contributed by atoms with E-state index in [0.717, 1.165) is 24.5 Å². The molecule has 0 atom stereocenters. The number of ether oxygens (including phenoxy) is 1. The first-order valence-corrected chi connectivity index (χ1v) is 11.6. The van der Waals surface area contributed by atoms with Crippen molar-refractivity contribution in [3.05, 3.63) is 58.4 Å². The predicted octanol–water partition coefficient (Wildman–Crippen LogP) is 4.65. The molecule has 3 nitrogen and oxygen atoms in total. The molecular weight excluding hydrogens is 401 g/mol. The molecule has 1 aromatic heterocycles. The van der Waals surface area contributed by atoms with Crippen LogP contribution in [0.15, 0.2) is 58.4 Å². The molecule has 4 rings (SSSR count). The molecule has 4 heteroatoms. The summed E-state index contributed by atoms with van der Waals surface area (Å²) >= 11 is 0.381. The molecule has 1 fully saturated rings. The number of phenols is 1. The molecule has 0 saturated carbocycles. The molecule has 1 aliphatic heterocycles. The van der Waals surface area contributed by atoms with Gasteiger partial charge in [-0.25, -0.2) is 0 Å². The first-order valence-electron chi connectivity index (χ1n) is 9.61. The molecule has 0 bridgehead atoms. The SMILES string of the molecule is Oc1ccc(-c2c[se]cc2-c2ccc(OCCN3CCCCC3)cc2)cc1. The first kappa shape index (κ1) is 18.4. The summed E-state index contributed by atoms with van der Waals surface area (Å²) in [6, 6.07) is 15.9. The summed E-state index contributed by atoms with van der Waals surface area (Å²) in [5.41, 5.74) is 4.91. The average Bonchev–Trinajstić information content (AvgIpc) is 3.20. The van der Waals surface area contributed by atoms with E-state index in [4.69, 9.17) is 4.74 Å². The molecule has 0 aliphatic carbocycles. The van der Waals surface area contributed by atoms with Crippen LogP contribution in [0.4, 0.5) is 0 Å². The summed E-state index contributed by atoms with van der Waals surface area (Å²) in [5.74, 6) is 1.24. The molecule has 0 radical (unpaired) electrons. The van der Waals surface area contributed by atoms with Gasteiger partial charge in [-0.05, 0) is 0 Å². The van der Waals surface area contributed by atoms with Crippen molar-refractivity contribution in [2.75, 3.05) is 26.2 Å². The van der Waals surface area contributed by atoms with E-state index in [1.54, 1.807) is 12.1 Å². The molecule has 2 aromatic carbocycles. The Labute approximate surface area is 167 Å². The molecule has 1 N–H and O–H groups in total. The molecule has 0 amide bonds. The summed E-state index contributed by atoms with van der Waals surface area (Å²) in [6.45, 7) is 4.20. The number of piperidine rings is 1. The topological polar surface area (TPSA) is 32.7 Å². The number of nitrogens with zero attached hydrogens (tertiary/aromatic N) is 1. The maximum atomic E-state index is 9.52. The van der Waals surface area contributed by atoms with E-state index in [0.29, 0.717) is 20.3 Å². The zero-order chi connectivity index (χ0) is 18.5. The predicted molar refractivity (Wildman–Crippen MR) is 112 cm³/mol. The van der Waals surface area contributed by atoms with Gasteiger partial charge in [-0.3, -0.25) is 0 Å². The Morgan fingerprint density at radius 3 is 2.04 bits per heavy atom. The molecule has 27 heavy (non-hydrogen) atoms. The van der Waals surface area contributed by atoms with E-state index in [-0.39, 0.29) is 0 Å². The van der Waals surface area contributed by atoms with E-state index in [2.05, 4.69) is 39.0 Å². The van der Waals surface area contributed by atoms with Crippen LogP contribution >= 0.6 is 0 Å². The fourth-order valence-corrected chi connectivity index (χ4v) is 5.41. The minimum atomic E-state index is 0.305. The van der Waals surface area contributed by atoms with Gasteiger partial charge in [0, 0.05) is 0 Å². The van der Waals surface area contributed by atoms with Crippen molar-refractivity contribution < 1.29 is 9.84 Å². The number of hydrogen-bond acceptors (Lipinski definition) is 3. The summed E-state index contributed by atoms with van der Waals surface area (Å²) in [7, 11) is 0. The molecular formula is C23H25NO2Se. The Morgan fingerprint density at radius 1 is 0.815 bits per heavy atom. The fourth-order valence-electron chi connectivity index (χ4n) is 3.59. The van der Waals surface area contributed by atoms with Gasteiger partial charge in [0.1, 0.15) is 0 Å². The summed E-state index contributed by atoms with van der Waals surface area (Å²) in [4.78, 5) is 7.12. The van der Waals surface area contributed by atoms with Crippen molar-refractivity contribution in [2.45, 2.75) is 19.3 Å². The zero-order valence-corrected chi connectivity index (χ0v) is 17.1. The van der Waals surface area contributed by atoms with Gasteiger partial charge in [0.15, 0.2) is 0 Å². The Balaban J connectivity index is 1.40. The van der Waals surface area contributed by atoms with Crippen LogP contribution in [0.3, 0.4) is 0 Å². The Hall–Kier alpha value is -2.00. The van der Waals surface area contributed by atoms with Crippen LogP contribution in [-0.2, 0) is 0 Å². The Morgan fingerprint density at radius 2 is 1.41 bits per heavy atom. The van der Waals surface area contributed by atoms with Crippen molar-refractivity contribution in [1.29, 1.82) is 0 Å². The van der Waals surface area contributed by atoms with E-state index >= 15 is 0 Å². The van der Waals surface area contributed by atoms with Gasteiger partial charge in [-0.15, -0.1) is 0 Å². The molecule has 3 aromatic rings. The van der Waals surface area contributed by atoms with E-state index in [9.17, 15) is 5.11 Å². The van der Waals surface area contributed by atoms with Gasteiger partial charge in [0.05, 0.1) is 0 Å². The Kier molecular flexibility index (Phi) is 5.98. The van der Waals surface area contributed by atoms with Gasteiger partial charge in [0.25, 0.3) is 0 Å². The summed E-state index contributed by atoms with van der Waals surface area (Å²) in [5, 5.41) is 9.52. The van der Waals surface area contributed by atoms with Crippen LogP contribution in [0, 0.1) is 0 Å². The number of likely N-dealkylation sites (tertiary alicyclic amines) is 1. The van der Waals surface area contributed by atoms with Crippen molar-refractivity contribution in [3.63, 3.8) is 0 Å². The van der Waals surface area contributed by atoms with E-state index in [1.807, 2.05) is 12.1 Å². The minimum absolute atomic E-state index is 0.305. The number of phenolic OH excluding ortho intramolecular Hbond substituents is 1. The molecule has 1 saturated heterocycles. The van der Waals surface area contributed by atoms with Gasteiger partial charge in [-0.2, -0.15) is 0 Å². The summed E-state index contributed by atoms with van der Waals surface area (Å²) < 4.78 is 5.95. The molecule has 1 aliphatic rings. The number of benzene rings is 2. The van der Waals surface area contributed by atoms with Crippen LogP contribution in [0.25, 0.3) is 22.3 Å². The third-order valence-electron chi connectivity index (χ3n) is 5.13. The number of aromatic hydroxyl groups is 1. The zero-order valence-electron chi connectivity index (χ0n) is 15.4. The van der Waals surface area contributed by atoms with Crippen molar-refractivity contribution in [3.8, 4) is 33.8 Å². The maximum absolute atomic E-state index is 9.52. The van der Waals surface area contributed by atoms with Crippen LogP contribution in [0.5, 0.6) is 11.5 Å².